The molecular weight excluding hydrogens is 198 g/mol. The third-order valence-corrected chi connectivity index (χ3v) is 4.17. The highest BCUT2D eigenvalue weighted by Crippen LogP contribution is 2.39. The van der Waals surface area contributed by atoms with Crippen LogP contribution >= 0.6 is 11.8 Å². The molecule has 0 spiro atoms. The van der Waals surface area contributed by atoms with E-state index in [1.807, 2.05) is 6.92 Å². The van der Waals surface area contributed by atoms with Gasteiger partial charge in [0.2, 0.25) is 0 Å². The maximum atomic E-state index is 12.1. The topological polar surface area (TPSA) is 47.8 Å². The molecule has 14 heavy (non-hydrogen) atoms. The Bertz CT molecular complexity index is 355. The molecule has 0 aliphatic carbocycles. The molecule has 0 bridgehead atoms. The fraction of sp³-hybridized carbons (Fsp3) is 0.667. The van der Waals surface area contributed by atoms with Crippen LogP contribution in [0.15, 0.2) is 6.20 Å². The molecule has 0 N–H and O–H groups in total. The Kier molecular flexibility index (Phi) is 2.34. The number of thioether (sulfide) groups is 1. The summed E-state index contributed by atoms with van der Waals surface area (Å²) in [5.74, 6) is 1.24. The fourth-order valence-electron chi connectivity index (χ4n) is 1.72. The third kappa shape index (κ3) is 1.45. The van der Waals surface area contributed by atoms with Crippen molar-refractivity contribution < 1.29 is 4.79 Å². The van der Waals surface area contributed by atoms with Crippen LogP contribution in [0, 0.1) is 0 Å². The van der Waals surface area contributed by atoms with Gasteiger partial charge in [-0.25, -0.2) is 4.68 Å². The molecule has 0 saturated carbocycles. The molecule has 1 atom stereocenters. The second kappa shape index (κ2) is 3.38. The second-order valence-corrected chi connectivity index (χ2v) is 5.35. The van der Waals surface area contributed by atoms with Crippen molar-refractivity contribution in [2.45, 2.75) is 24.5 Å². The normalized spacial score (nSPS) is 26.7. The highest BCUT2D eigenvalue weighted by molar-refractivity contribution is 8.01. The minimum atomic E-state index is -0.254. The maximum Gasteiger partial charge on any atom is 0.198 e. The molecule has 0 aromatic carbocycles. The number of aryl methyl sites for hydroxylation is 1. The average Bonchev–Trinajstić information content (AvgIpc) is 2.74. The van der Waals surface area contributed by atoms with Gasteiger partial charge in [0.05, 0.1) is 10.9 Å². The average molecular weight is 211 g/mol. The largest absolute Gasteiger partial charge is 0.291 e. The zero-order valence-corrected chi connectivity index (χ0v) is 9.17. The Morgan fingerprint density at radius 1 is 1.71 bits per heavy atom. The molecule has 1 saturated heterocycles. The number of carbonyl (C=O) groups is 1. The molecule has 1 aliphatic heterocycles. The smallest absolute Gasteiger partial charge is 0.198 e. The lowest BCUT2D eigenvalue weighted by Crippen LogP contribution is -2.30. The van der Waals surface area contributed by atoms with Crippen molar-refractivity contribution in [2.24, 2.45) is 7.05 Å². The molecule has 2 heterocycles. The minimum Gasteiger partial charge on any atom is -0.291 e. The number of nitrogens with zero attached hydrogens (tertiary/aromatic N) is 3. The third-order valence-electron chi connectivity index (χ3n) is 2.65. The number of hydrogen-bond donors (Lipinski definition) is 0. The number of rotatable bonds is 2. The lowest BCUT2D eigenvalue weighted by Gasteiger charge is -2.19. The van der Waals surface area contributed by atoms with E-state index in [0.717, 1.165) is 18.6 Å². The summed E-state index contributed by atoms with van der Waals surface area (Å²) in [6.07, 6.45) is 3.63. The van der Waals surface area contributed by atoms with Gasteiger partial charge < -0.3 is 0 Å². The Hall–Kier alpha value is -0.840. The van der Waals surface area contributed by atoms with Crippen LogP contribution in [0.2, 0.25) is 0 Å². The van der Waals surface area contributed by atoms with E-state index in [1.165, 1.54) is 0 Å². The second-order valence-electron chi connectivity index (χ2n) is 3.75. The minimum absolute atomic E-state index is 0.160. The van der Waals surface area contributed by atoms with Crippen molar-refractivity contribution in [3.63, 3.8) is 0 Å². The Morgan fingerprint density at radius 2 is 2.50 bits per heavy atom. The molecule has 1 aromatic rings. The van der Waals surface area contributed by atoms with Gasteiger partial charge in [-0.3, -0.25) is 4.79 Å². The number of carbonyl (C=O) groups excluding carboxylic acids is 1. The van der Waals surface area contributed by atoms with Crippen LogP contribution in [0.5, 0.6) is 0 Å². The van der Waals surface area contributed by atoms with Crippen molar-refractivity contribution in [1.29, 1.82) is 0 Å². The zero-order chi connectivity index (χ0) is 10.2. The number of hydrogen-bond acceptors (Lipinski definition) is 4. The van der Waals surface area contributed by atoms with Gasteiger partial charge in [-0.2, -0.15) is 0 Å². The van der Waals surface area contributed by atoms with E-state index in [-0.39, 0.29) is 10.5 Å². The van der Waals surface area contributed by atoms with Crippen molar-refractivity contribution in [1.82, 2.24) is 15.0 Å². The van der Waals surface area contributed by atoms with E-state index in [1.54, 1.807) is 29.7 Å². The van der Waals surface area contributed by atoms with Crippen LogP contribution in [-0.2, 0) is 7.05 Å². The van der Waals surface area contributed by atoms with E-state index in [9.17, 15) is 4.79 Å². The standard InChI is InChI=1S/C9H13N3OS/c1-9(4-3-5-14-9)8(13)7-6-10-11-12(7)2/h6H,3-5H2,1-2H3. The first-order chi connectivity index (χ1) is 6.63. The first-order valence-electron chi connectivity index (χ1n) is 4.67. The molecule has 1 aliphatic rings. The first kappa shape index (κ1) is 9.71. The summed E-state index contributed by atoms with van der Waals surface area (Å²) in [6.45, 7) is 2.01. The maximum absolute atomic E-state index is 12.1. The lowest BCUT2D eigenvalue weighted by atomic mass is 9.98. The van der Waals surface area contributed by atoms with Crippen molar-refractivity contribution >= 4 is 17.5 Å². The molecule has 0 radical (unpaired) electrons. The van der Waals surface area contributed by atoms with E-state index in [0.29, 0.717) is 5.69 Å². The van der Waals surface area contributed by atoms with Gasteiger partial charge in [0.1, 0.15) is 5.69 Å². The van der Waals surface area contributed by atoms with Crippen LogP contribution in [0.1, 0.15) is 30.3 Å². The van der Waals surface area contributed by atoms with Crippen LogP contribution in [-0.4, -0.2) is 31.3 Å². The molecule has 5 heteroatoms. The van der Waals surface area contributed by atoms with Gasteiger partial charge in [-0.1, -0.05) is 5.21 Å². The first-order valence-corrected chi connectivity index (χ1v) is 5.65. The highest BCUT2D eigenvalue weighted by Gasteiger charge is 2.38. The van der Waals surface area contributed by atoms with Crippen LogP contribution < -0.4 is 0 Å². The zero-order valence-electron chi connectivity index (χ0n) is 8.36. The van der Waals surface area contributed by atoms with Gasteiger partial charge in [0.25, 0.3) is 0 Å². The number of Topliss-reactive ketones (excluding diaryl/α,β-unsaturated/α-hetero) is 1. The van der Waals surface area contributed by atoms with Gasteiger partial charge in [0.15, 0.2) is 5.78 Å². The van der Waals surface area contributed by atoms with E-state index in [2.05, 4.69) is 10.3 Å². The van der Waals surface area contributed by atoms with Gasteiger partial charge in [-0.15, -0.1) is 16.9 Å². The van der Waals surface area contributed by atoms with Crippen molar-refractivity contribution in [2.75, 3.05) is 5.75 Å². The Balaban J connectivity index is 2.28. The van der Waals surface area contributed by atoms with Crippen LogP contribution in [0.3, 0.4) is 0 Å². The van der Waals surface area contributed by atoms with Gasteiger partial charge in [-0.05, 0) is 25.5 Å². The van der Waals surface area contributed by atoms with E-state index < -0.39 is 0 Å². The number of aromatic nitrogens is 3. The summed E-state index contributed by atoms with van der Waals surface area (Å²) < 4.78 is 1.29. The summed E-state index contributed by atoms with van der Waals surface area (Å²) >= 11 is 1.74. The van der Waals surface area contributed by atoms with Gasteiger partial charge >= 0.3 is 0 Å². The quantitative estimate of drug-likeness (QED) is 0.691. The number of ketones is 1. The molecule has 0 amide bonds. The van der Waals surface area contributed by atoms with E-state index >= 15 is 0 Å². The lowest BCUT2D eigenvalue weighted by molar-refractivity contribution is 0.0939. The molecule has 76 valence electrons. The molecule has 2 rings (SSSR count). The summed E-state index contributed by atoms with van der Waals surface area (Å²) in [7, 11) is 1.75. The van der Waals surface area contributed by atoms with Crippen molar-refractivity contribution in [3.8, 4) is 0 Å². The highest BCUT2D eigenvalue weighted by atomic mass is 32.2. The van der Waals surface area contributed by atoms with Gasteiger partial charge in [0, 0.05) is 7.05 Å². The molecule has 4 nitrogen and oxygen atoms in total. The van der Waals surface area contributed by atoms with Crippen LogP contribution in [0.4, 0.5) is 0 Å². The SMILES string of the molecule is Cn1nncc1C(=O)C1(C)CCCS1. The Morgan fingerprint density at radius 3 is 3.00 bits per heavy atom. The molecular formula is C9H13N3OS. The summed E-state index contributed by atoms with van der Waals surface area (Å²) in [5, 5.41) is 7.50. The van der Waals surface area contributed by atoms with Crippen molar-refractivity contribution in [3.05, 3.63) is 11.9 Å². The molecule has 1 unspecified atom stereocenters. The summed E-state index contributed by atoms with van der Waals surface area (Å²) in [6, 6.07) is 0. The Labute approximate surface area is 87.1 Å². The fourth-order valence-corrected chi connectivity index (χ4v) is 2.99. The van der Waals surface area contributed by atoms with E-state index in [4.69, 9.17) is 0 Å². The monoisotopic (exact) mass is 211 g/mol. The molecule has 1 fully saturated rings. The summed E-state index contributed by atoms with van der Waals surface area (Å²) in [5.41, 5.74) is 0.613. The summed E-state index contributed by atoms with van der Waals surface area (Å²) in [4.78, 5) is 12.1. The predicted octanol–water partition coefficient (Wildman–Crippen LogP) is 1.28. The molecule has 1 aromatic heterocycles. The predicted molar refractivity (Wildman–Crippen MR) is 55.4 cm³/mol. The van der Waals surface area contributed by atoms with Crippen LogP contribution in [0.25, 0.3) is 0 Å².